The van der Waals surface area contributed by atoms with Gasteiger partial charge in [0.1, 0.15) is 0 Å². The van der Waals surface area contributed by atoms with Crippen molar-refractivity contribution in [2.24, 2.45) is 11.8 Å². The Balaban J connectivity index is 1.52. The highest BCUT2D eigenvalue weighted by Crippen LogP contribution is 2.34. The Morgan fingerprint density at radius 2 is 2.00 bits per heavy atom. The SMILES string of the molecule is CC(NC(=O)C1CC2CCC1N2)C1CCCC1. The van der Waals surface area contributed by atoms with Gasteiger partial charge in [-0.3, -0.25) is 4.79 Å². The first kappa shape index (κ1) is 11.5. The summed E-state index contributed by atoms with van der Waals surface area (Å²) in [6.45, 7) is 2.19. The summed E-state index contributed by atoms with van der Waals surface area (Å²) in [4.78, 5) is 12.3. The zero-order valence-corrected chi connectivity index (χ0v) is 10.7. The highest BCUT2D eigenvalue weighted by atomic mass is 16.2. The second kappa shape index (κ2) is 4.60. The average Bonchev–Trinajstić information content (AvgIpc) is 3.05. The van der Waals surface area contributed by atoms with Gasteiger partial charge in [-0.05, 0) is 44.9 Å². The van der Waals surface area contributed by atoms with E-state index in [2.05, 4.69) is 17.6 Å². The van der Waals surface area contributed by atoms with Gasteiger partial charge in [-0.2, -0.15) is 0 Å². The standard InChI is InChI=1S/C14H24N2O/c1-9(10-4-2-3-5-10)15-14(17)12-8-11-6-7-13(12)16-11/h9-13,16H,2-8H2,1H3,(H,15,17). The lowest BCUT2D eigenvalue weighted by atomic mass is 9.88. The maximum Gasteiger partial charge on any atom is 0.224 e. The molecule has 0 radical (unpaired) electrons. The second-order valence-corrected chi connectivity index (χ2v) is 6.23. The van der Waals surface area contributed by atoms with Gasteiger partial charge >= 0.3 is 0 Å². The van der Waals surface area contributed by atoms with Crippen molar-refractivity contribution >= 4 is 5.91 Å². The fourth-order valence-corrected chi connectivity index (χ4v) is 4.02. The Hall–Kier alpha value is -0.570. The number of rotatable bonds is 3. The number of hydrogen-bond donors (Lipinski definition) is 2. The molecule has 17 heavy (non-hydrogen) atoms. The predicted molar refractivity (Wildman–Crippen MR) is 67.6 cm³/mol. The molecule has 4 unspecified atom stereocenters. The number of fused-ring (bicyclic) bond motifs is 2. The number of carbonyl (C=O) groups excluding carboxylic acids is 1. The van der Waals surface area contributed by atoms with Crippen LogP contribution in [-0.2, 0) is 4.79 Å². The normalized spacial score (nSPS) is 38.5. The van der Waals surface area contributed by atoms with Crippen molar-refractivity contribution in [2.75, 3.05) is 0 Å². The van der Waals surface area contributed by atoms with E-state index in [9.17, 15) is 4.79 Å². The topological polar surface area (TPSA) is 41.1 Å². The minimum absolute atomic E-state index is 0.248. The third-order valence-electron chi connectivity index (χ3n) is 5.11. The maximum absolute atomic E-state index is 12.3. The molecular formula is C14H24N2O. The van der Waals surface area contributed by atoms with E-state index in [1.54, 1.807) is 0 Å². The molecule has 4 atom stereocenters. The van der Waals surface area contributed by atoms with Crippen LogP contribution in [-0.4, -0.2) is 24.0 Å². The largest absolute Gasteiger partial charge is 0.353 e. The first-order valence-electron chi connectivity index (χ1n) is 7.30. The molecule has 0 aromatic carbocycles. The molecular weight excluding hydrogens is 212 g/mol. The van der Waals surface area contributed by atoms with Gasteiger partial charge < -0.3 is 10.6 Å². The van der Waals surface area contributed by atoms with Crippen molar-refractivity contribution in [2.45, 2.75) is 70.0 Å². The molecule has 1 aliphatic carbocycles. The summed E-state index contributed by atoms with van der Waals surface area (Å²) < 4.78 is 0. The van der Waals surface area contributed by atoms with Gasteiger partial charge in [0.15, 0.2) is 0 Å². The third-order valence-corrected chi connectivity index (χ3v) is 5.11. The Morgan fingerprint density at radius 1 is 1.24 bits per heavy atom. The van der Waals surface area contributed by atoms with Crippen molar-refractivity contribution in [1.29, 1.82) is 0 Å². The summed E-state index contributed by atoms with van der Waals surface area (Å²) in [7, 11) is 0. The number of nitrogens with one attached hydrogen (secondary N) is 2. The van der Waals surface area contributed by atoms with Crippen LogP contribution in [0.4, 0.5) is 0 Å². The first-order valence-corrected chi connectivity index (χ1v) is 7.30. The van der Waals surface area contributed by atoms with E-state index < -0.39 is 0 Å². The summed E-state index contributed by atoms with van der Waals surface area (Å²) in [6.07, 6.45) is 8.83. The molecule has 2 N–H and O–H groups in total. The van der Waals surface area contributed by atoms with Gasteiger partial charge in [-0.15, -0.1) is 0 Å². The molecule has 2 aliphatic heterocycles. The molecule has 2 bridgehead atoms. The molecule has 1 saturated carbocycles. The van der Waals surface area contributed by atoms with E-state index in [0.717, 1.165) is 12.3 Å². The summed E-state index contributed by atoms with van der Waals surface area (Å²) in [6, 6.07) is 1.47. The van der Waals surface area contributed by atoms with Crippen LogP contribution in [0.3, 0.4) is 0 Å². The first-order chi connectivity index (χ1) is 8.24. The van der Waals surface area contributed by atoms with Crippen molar-refractivity contribution in [1.82, 2.24) is 10.6 Å². The van der Waals surface area contributed by atoms with Gasteiger partial charge in [-0.1, -0.05) is 12.8 Å². The molecule has 3 nitrogen and oxygen atoms in total. The quantitative estimate of drug-likeness (QED) is 0.785. The highest BCUT2D eigenvalue weighted by molar-refractivity contribution is 5.80. The van der Waals surface area contributed by atoms with E-state index >= 15 is 0 Å². The zero-order chi connectivity index (χ0) is 11.8. The fourth-order valence-electron chi connectivity index (χ4n) is 4.02. The molecule has 3 rings (SSSR count). The molecule has 1 amide bonds. The number of amides is 1. The van der Waals surface area contributed by atoms with Gasteiger partial charge in [-0.25, -0.2) is 0 Å². The van der Waals surface area contributed by atoms with Crippen LogP contribution in [0.15, 0.2) is 0 Å². The lowest BCUT2D eigenvalue weighted by Gasteiger charge is -2.25. The monoisotopic (exact) mass is 236 g/mol. The van der Waals surface area contributed by atoms with Gasteiger partial charge in [0.2, 0.25) is 5.91 Å². The van der Waals surface area contributed by atoms with Crippen LogP contribution >= 0.6 is 0 Å². The van der Waals surface area contributed by atoms with Crippen molar-refractivity contribution in [3.63, 3.8) is 0 Å². The average molecular weight is 236 g/mol. The van der Waals surface area contributed by atoms with E-state index in [1.165, 1.54) is 38.5 Å². The molecule has 0 aromatic rings. The zero-order valence-electron chi connectivity index (χ0n) is 10.7. The van der Waals surface area contributed by atoms with Crippen LogP contribution in [0.25, 0.3) is 0 Å². The third kappa shape index (κ3) is 2.22. The molecule has 2 heterocycles. The Kier molecular flexibility index (Phi) is 3.12. The summed E-state index contributed by atoms with van der Waals surface area (Å²) >= 11 is 0. The molecule has 0 aromatic heterocycles. The molecule has 2 saturated heterocycles. The van der Waals surface area contributed by atoms with E-state index in [-0.39, 0.29) is 5.92 Å². The summed E-state index contributed by atoms with van der Waals surface area (Å²) in [5.41, 5.74) is 0. The van der Waals surface area contributed by atoms with Gasteiger partial charge in [0.05, 0.1) is 5.92 Å². The van der Waals surface area contributed by atoms with Crippen LogP contribution in [0.1, 0.15) is 51.9 Å². The van der Waals surface area contributed by atoms with Crippen LogP contribution in [0.2, 0.25) is 0 Å². The highest BCUT2D eigenvalue weighted by Gasteiger charge is 2.43. The minimum atomic E-state index is 0.248. The minimum Gasteiger partial charge on any atom is -0.353 e. The lowest BCUT2D eigenvalue weighted by molar-refractivity contribution is -0.126. The molecule has 3 aliphatic rings. The second-order valence-electron chi connectivity index (χ2n) is 6.23. The predicted octanol–water partition coefficient (Wildman–Crippen LogP) is 1.82. The van der Waals surface area contributed by atoms with Gasteiger partial charge in [0, 0.05) is 18.1 Å². The Labute approximate surface area is 104 Å². The lowest BCUT2D eigenvalue weighted by Crippen LogP contribution is -2.44. The molecule has 0 spiro atoms. The smallest absolute Gasteiger partial charge is 0.224 e. The molecule has 96 valence electrons. The van der Waals surface area contributed by atoms with Crippen LogP contribution < -0.4 is 10.6 Å². The van der Waals surface area contributed by atoms with Crippen molar-refractivity contribution in [3.05, 3.63) is 0 Å². The fraction of sp³-hybridized carbons (Fsp3) is 0.929. The van der Waals surface area contributed by atoms with Gasteiger partial charge in [0.25, 0.3) is 0 Å². The Bertz CT molecular complexity index is 299. The molecule has 3 fully saturated rings. The van der Waals surface area contributed by atoms with Crippen molar-refractivity contribution in [3.8, 4) is 0 Å². The number of hydrogen-bond acceptors (Lipinski definition) is 2. The summed E-state index contributed by atoms with van der Waals surface area (Å²) in [5.74, 6) is 1.28. The molecule has 3 heteroatoms. The van der Waals surface area contributed by atoms with E-state index in [0.29, 0.717) is 24.0 Å². The van der Waals surface area contributed by atoms with E-state index in [4.69, 9.17) is 0 Å². The summed E-state index contributed by atoms with van der Waals surface area (Å²) in [5, 5.41) is 6.81. The Morgan fingerprint density at radius 3 is 2.59 bits per heavy atom. The maximum atomic E-state index is 12.3. The number of carbonyl (C=O) groups is 1. The van der Waals surface area contributed by atoms with Crippen LogP contribution in [0.5, 0.6) is 0 Å². The van der Waals surface area contributed by atoms with E-state index in [1.807, 2.05) is 0 Å². The van der Waals surface area contributed by atoms with Crippen molar-refractivity contribution < 1.29 is 4.79 Å². The van der Waals surface area contributed by atoms with Crippen LogP contribution in [0, 0.1) is 11.8 Å².